The van der Waals surface area contributed by atoms with Crippen molar-refractivity contribution in [1.82, 2.24) is 14.7 Å². The molecule has 8 heteroatoms. The second-order valence-corrected chi connectivity index (χ2v) is 7.01. The maximum atomic E-state index is 12.7. The van der Waals surface area contributed by atoms with Crippen molar-refractivity contribution in [2.75, 3.05) is 6.61 Å². The molecule has 1 N–H and O–H groups in total. The number of aryl methyl sites for hydroxylation is 2. The number of aromatic amines is 1. The molecule has 0 aliphatic rings. The van der Waals surface area contributed by atoms with Crippen molar-refractivity contribution in [3.63, 3.8) is 0 Å². The molecule has 4 rings (SSSR count). The number of para-hydroxylation sites is 1. The lowest BCUT2D eigenvalue weighted by atomic mass is 10.1. The summed E-state index contributed by atoms with van der Waals surface area (Å²) >= 11 is 0. The van der Waals surface area contributed by atoms with E-state index in [0.717, 1.165) is 5.69 Å². The highest BCUT2D eigenvalue weighted by Crippen LogP contribution is 2.22. The van der Waals surface area contributed by atoms with Gasteiger partial charge in [0, 0.05) is 40.0 Å². The van der Waals surface area contributed by atoms with Crippen molar-refractivity contribution in [2.45, 2.75) is 20.8 Å². The van der Waals surface area contributed by atoms with Gasteiger partial charge in [-0.2, -0.15) is 0 Å². The Bertz CT molecular complexity index is 1340. The van der Waals surface area contributed by atoms with Gasteiger partial charge in [-0.3, -0.25) is 14.2 Å². The van der Waals surface area contributed by atoms with Crippen LogP contribution in [0.2, 0.25) is 0 Å². The third kappa shape index (κ3) is 3.43. The molecule has 0 aliphatic heterocycles. The molecule has 3 heterocycles. The second-order valence-electron chi connectivity index (χ2n) is 7.01. The Morgan fingerprint density at radius 3 is 2.60 bits per heavy atom. The number of esters is 1. The number of pyridine rings is 1. The second kappa shape index (κ2) is 7.47. The lowest BCUT2D eigenvalue weighted by Crippen LogP contribution is -2.17. The number of Topliss-reactive ketones (excluding diaryl/α,β-unsaturated/α-hetero) is 1. The number of ether oxygens (including phenoxy) is 1. The molecule has 0 saturated carbocycles. The molecular formula is C22H19N3O5. The van der Waals surface area contributed by atoms with Crippen LogP contribution in [0, 0.1) is 20.8 Å². The van der Waals surface area contributed by atoms with Crippen molar-refractivity contribution in [1.29, 1.82) is 0 Å². The van der Waals surface area contributed by atoms with Gasteiger partial charge in [-0.15, -0.1) is 0 Å². The number of H-pyrrole nitrogens is 1. The summed E-state index contributed by atoms with van der Waals surface area (Å²) in [5.41, 5.74) is 2.12. The number of carbonyl (C=O) groups excluding carboxylic acids is 2. The first-order chi connectivity index (χ1) is 14.3. The van der Waals surface area contributed by atoms with Gasteiger partial charge in [0.1, 0.15) is 5.76 Å². The summed E-state index contributed by atoms with van der Waals surface area (Å²) in [7, 11) is 0. The van der Waals surface area contributed by atoms with E-state index in [1.54, 1.807) is 54.8 Å². The van der Waals surface area contributed by atoms with Gasteiger partial charge >= 0.3 is 5.97 Å². The predicted molar refractivity (Wildman–Crippen MR) is 109 cm³/mol. The van der Waals surface area contributed by atoms with E-state index in [9.17, 15) is 14.4 Å². The Morgan fingerprint density at radius 1 is 1.10 bits per heavy atom. The van der Waals surface area contributed by atoms with Crippen molar-refractivity contribution < 1.29 is 18.8 Å². The molecule has 0 fully saturated rings. The Balaban J connectivity index is 1.56. The van der Waals surface area contributed by atoms with Crippen molar-refractivity contribution in [3.05, 3.63) is 81.1 Å². The van der Waals surface area contributed by atoms with Crippen molar-refractivity contribution in [3.8, 4) is 5.82 Å². The van der Waals surface area contributed by atoms with Crippen molar-refractivity contribution >= 4 is 22.7 Å². The van der Waals surface area contributed by atoms with E-state index in [4.69, 9.17) is 9.26 Å². The smallest absolute Gasteiger partial charge is 0.339 e. The molecular weight excluding hydrogens is 386 g/mol. The summed E-state index contributed by atoms with van der Waals surface area (Å²) in [6, 6.07) is 11.6. The monoisotopic (exact) mass is 405 g/mol. The molecule has 3 aromatic heterocycles. The van der Waals surface area contributed by atoms with Crippen LogP contribution >= 0.6 is 0 Å². The maximum Gasteiger partial charge on any atom is 0.339 e. The maximum absolute atomic E-state index is 12.7. The minimum absolute atomic E-state index is 0.116. The molecule has 0 aliphatic carbocycles. The zero-order valence-corrected chi connectivity index (χ0v) is 16.7. The van der Waals surface area contributed by atoms with Crippen LogP contribution < -0.4 is 5.56 Å². The Kier molecular flexibility index (Phi) is 4.83. The van der Waals surface area contributed by atoms with E-state index in [2.05, 4.69) is 10.1 Å². The summed E-state index contributed by atoms with van der Waals surface area (Å²) in [6.45, 7) is 4.98. The first-order valence-corrected chi connectivity index (χ1v) is 9.30. The first-order valence-electron chi connectivity index (χ1n) is 9.30. The third-order valence-electron chi connectivity index (χ3n) is 4.88. The SMILES string of the molecule is Cc1cc(-n2c(C)cc(C(=O)COC(=O)c3cc(=O)[nH]c4ccccc34)c2C)no1. The minimum atomic E-state index is -0.730. The number of fused-ring (bicyclic) bond motifs is 1. The van der Waals surface area contributed by atoms with Crippen LogP contribution in [0.5, 0.6) is 0 Å². The lowest BCUT2D eigenvalue weighted by molar-refractivity contribution is 0.0476. The van der Waals surface area contributed by atoms with Crippen LogP contribution in [0.1, 0.15) is 37.9 Å². The molecule has 0 radical (unpaired) electrons. The third-order valence-corrected chi connectivity index (χ3v) is 4.88. The zero-order valence-electron chi connectivity index (χ0n) is 16.7. The highest BCUT2D eigenvalue weighted by atomic mass is 16.5. The van der Waals surface area contributed by atoms with Gasteiger partial charge in [-0.25, -0.2) is 4.79 Å². The quantitative estimate of drug-likeness (QED) is 0.403. The molecule has 0 bridgehead atoms. The fourth-order valence-corrected chi connectivity index (χ4v) is 3.52. The van der Waals surface area contributed by atoms with Gasteiger partial charge in [0.25, 0.3) is 0 Å². The van der Waals surface area contributed by atoms with Crippen LogP contribution in [0.4, 0.5) is 0 Å². The van der Waals surface area contributed by atoms with Crippen LogP contribution in [-0.2, 0) is 4.74 Å². The van der Waals surface area contributed by atoms with E-state index in [-0.39, 0.29) is 11.3 Å². The fourth-order valence-electron chi connectivity index (χ4n) is 3.52. The number of ketones is 1. The summed E-state index contributed by atoms with van der Waals surface area (Å²) in [5.74, 6) is 0.154. The molecule has 0 atom stereocenters. The minimum Gasteiger partial charge on any atom is -0.454 e. The van der Waals surface area contributed by atoms with Gasteiger partial charge in [-0.1, -0.05) is 23.4 Å². The van der Waals surface area contributed by atoms with Crippen LogP contribution in [0.25, 0.3) is 16.7 Å². The summed E-state index contributed by atoms with van der Waals surface area (Å²) in [5, 5.41) is 4.54. The Labute approximate surface area is 171 Å². The van der Waals surface area contributed by atoms with E-state index in [1.165, 1.54) is 6.07 Å². The molecule has 8 nitrogen and oxygen atoms in total. The van der Waals surface area contributed by atoms with E-state index in [1.807, 2.05) is 6.92 Å². The van der Waals surface area contributed by atoms with Gasteiger partial charge < -0.3 is 14.2 Å². The number of hydrogen-bond acceptors (Lipinski definition) is 6. The van der Waals surface area contributed by atoms with Gasteiger partial charge in [0.15, 0.2) is 12.4 Å². The average Bonchev–Trinajstić information content (AvgIpc) is 3.27. The Morgan fingerprint density at radius 2 is 1.87 bits per heavy atom. The molecule has 1 aromatic carbocycles. The van der Waals surface area contributed by atoms with E-state index < -0.39 is 18.1 Å². The summed E-state index contributed by atoms with van der Waals surface area (Å²) < 4.78 is 12.2. The van der Waals surface area contributed by atoms with Gasteiger partial charge in [0.05, 0.1) is 5.56 Å². The number of nitrogens with zero attached hydrogens (tertiary/aromatic N) is 2. The molecule has 0 amide bonds. The number of benzene rings is 1. The average molecular weight is 405 g/mol. The highest BCUT2D eigenvalue weighted by molar-refractivity contribution is 6.05. The van der Waals surface area contributed by atoms with Gasteiger partial charge in [-0.05, 0) is 32.9 Å². The Hall–Kier alpha value is -3.94. The van der Waals surface area contributed by atoms with Crippen LogP contribution in [0.15, 0.2) is 51.8 Å². The van der Waals surface area contributed by atoms with E-state index in [0.29, 0.717) is 33.7 Å². The first kappa shape index (κ1) is 19.4. The number of aromatic nitrogens is 3. The number of rotatable bonds is 5. The standard InChI is InChI=1S/C22H19N3O5/c1-12-8-16(14(3)25(12)20-9-13(2)30-24-20)19(26)11-29-22(28)17-10-21(27)23-18-7-5-4-6-15(17)18/h4-10H,11H2,1-3H3,(H,23,27). The molecule has 152 valence electrons. The summed E-state index contributed by atoms with van der Waals surface area (Å²) in [6.07, 6.45) is 0. The predicted octanol–water partition coefficient (Wildman–Crippen LogP) is 3.27. The largest absolute Gasteiger partial charge is 0.454 e. The molecule has 30 heavy (non-hydrogen) atoms. The van der Waals surface area contributed by atoms with Crippen LogP contribution in [-0.4, -0.2) is 33.1 Å². The normalized spacial score (nSPS) is 11.0. The van der Waals surface area contributed by atoms with Crippen LogP contribution in [0.3, 0.4) is 0 Å². The molecule has 0 saturated heterocycles. The molecule has 0 unspecified atom stereocenters. The number of hydrogen-bond donors (Lipinski definition) is 1. The summed E-state index contributed by atoms with van der Waals surface area (Å²) in [4.78, 5) is 39.8. The number of carbonyl (C=O) groups is 2. The van der Waals surface area contributed by atoms with E-state index >= 15 is 0 Å². The lowest BCUT2D eigenvalue weighted by Gasteiger charge is -2.08. The topological polar surface area (TPSA) is 107 Å². The molecule has 4 aromatic rings. The van der Waals surface area contributed by atoms with Crippen molar-refractivity contribution in [2.24, 2.45) is 0 Å². The van der Waals surface area contributed by atoms with Gasteiger partial charge in [0.2, 0.25) is 11.3 Å². The number of nitrogens with one attached hydrogen (secondary N) is 1. The zero-order chi connectivity index (χ0) is 21.4. The highest BCUT2D eigenvalue weighted by Gasteiger charge is 2.21. The fraction of sp³-hybridized carbons (Fsp3) is 0.182. The molecule has 0 spiro atoms.